The molecule has 2 N–H and O–H groups in total. The summed E-state index contributed by atoms with van der Waals surface area (Å²) in [5.74, 6) is 1.53. The first-order chi connectivity index (χ1) is 23.8. The van der Waals surface area contributed by atoms with Crippen molar-refractivity contribution in [3.63, 3.8) is 0 Å². The van der Waals surface area contributed by atoms with E-state index in [1.165, 1.54) is 0 Å². The predicted molar refractivity (Wildman–Crippen MR) is 190 cm³/mol. The number of benzene rings is 2. The van der Waals surface area contributed by atoms with Gasteiger partial charge in [-0.25, -0.2) is 19.6 Å². The molecule has 2 atom stereocenters. The van der Waals surface area contributed by atoms with Crippen LogP contribution in [0, 0.1) is 0 Å². The summed E-state index contributed by atoms with van der Waals surface area (Å²) in [6, 6.07) is 17.7. The molecule has 2 aliphatic heterocycles. The number of carbonyl (C=O) groups is 2. The fourth-order valence-corrected chi connectivity index (χ4v) is 6.64. The summed E-state index contributed by atoms with van der Waals surface area (Å²) < 4.78 is 11.3. The first kappa shape index (κ1) is 33.2. The highest BCUT2D eigenvalue weighted by atomic mass is 16.6. The highest BCUT2D eigenvalue weighted by molar-refractivity contribution is 5.81. The number of aromatic nitrogens is 6. The third-order valence-electron chi connectivity index (χ3n) is 8.94. The number of hydrogen-bond donors (Lipinski definition) is 2. The van der Waals surface area contributed by atoms with Crippen LogP contribution in [0.25, 0.3) is 44.8 Å². The van der Waals surface area contributed by atoms with E-state index in [4.69, 9.17) is 14.5 Å². The number of H-pyrrole nitrogens is 2. The van der Waals surface area contributed by atoms with Crippen LogP contribution in [0.15, 0.2) is 60.8 Å². The van der Waals surface area contributed by atoms with Crippen molar-refractivity contribution in [1.29, 1.82) is 0 Å². The van der Waals surface area contributed by atoms with Crippen molar-refractivity contribution in [3.05, 3.63) is 72.4 Å². The van der Waals surface area contributed by atoms with E-state index in [0.29, 0.717) is 13.1 Å². The standard InChI is InChI=1S/C38H44N8O4/c1-37(2,3)49-35(47)45-19-7-9-31(45)33-39-22-30(42-33)24-13-11-23(12-14-24)26-17-18-27(44-43-26)25-15-16-28-29(21-25)41-34(40-28)32-10-8-20-46(32)36(48)50-38(4,5)6/h11-18,21-22,31-32H,7-10,19-20H2,1-6H3,(H,39,42)(H,40,41). The molecule has 7 rings (SSSR count). The Bertz CT molecular complexity index is 2000. The maximum absolute atomic E-state index is 12.8. The van der Waals surface area contributed by atoms with Crippen LogP contribution >= 0.6 is 0 Å². The number of likely N-dealkylation sites (tertiary alicyclic amines) is 2. The van der Waals surface area contributed by atoms with Crippen LogP contribution in [-0.2, 0) is 9.47 Å². The van der Waals surface area contributed by atoms with Crippen LogP contribution in [0.3, 0.4) is 0 Å². The lowest BCUT2D eigenvalue weighted by molar-refractivity contribution is 0.0208. The van der Waals surface area contributed by atoms with Crippen LogP contribution in [0.5, 0.6) is 0 Å². The van der Waals surface area contributed by atoms with E-state index in [9.17, 15) is 9.59 Å². The Morgan fingerprint density at radius 1 is 0.700 bits per heavy atom. The van der Waals surface area contributed by atoms with Crippen LogP contribution < -0.4 is 0 Å². The predicted octanol–water partition coefficient (Wildman–Crippen LogP) is 8.22. The second-order valence-electron chi connectivity index (χ2n) is 15.1. The number of carbonyl (C=O) groups excluding carboxylic acids is 2. The molecule has 260 valence electrons. The monoisotopic (exact) mass is 676 g/mol. The summed E-state index contributed by atoms with van der Waals surface area (Å²) in [4.78, 5) is 45.5. The van der Waals surface area contributed by atoms with Crippen molar-refractivity contribution in [2.45, 2.75) is 90.5 Å². The van der Waals surface area contributed by atoms with Gasteiger partial charge in [-0.05, 0) is 97.1 Å². The van der Waals surface area contributed by atoms with E-state index in [1.54, 1.807) is 9.80 Å². The van der Waals surface area contributed by atoms with E-state index in [1.807, 2.05) is 102 Å². The molecular weight excluding hydrogens is 632 g/mol. The Balaban J connectivity index is 1.03. The molecule has 5 heterocycles. The van der Waals surface area contributed by atoms with E-state index < -0.39 is 11.2 Å². The van der Waals surface area contributed by atoms with Gasteiger partial charge in [0.15, 0.2) is 0 Å². The summed E-state index contributed by atoms with van der Waals surface area (Å²) in [5.41, 5.74) is 5.84. The quantitative estimate of drug-likeness (QED) is 0.190. The molecule has 2 aromatic carbocycles. The number of imidazole rings is 2. The number of hydrogen-bond acceptors (Lipinski definition) is 8. The second-order valence-corrected chi connectivity index (χ2v) is 15.1. The summed E-state index contributed by atoms with van der Waals surface area (Å²) >= 11 is 0. The van der Waals surface area contributed by atoms with Crippen molar-refractivity contribution < 1.29 is 19.1 Å². The molecule has 2 fully saturated rings. The maximum atomic E-state index is 12.8. The molecular formula is C38H44N8O4. The molecule has 3 aromatic heterocycles. The Kier molecular flexibility index (Phi) is 8.57. The average molecular weight is 677 g/mol. The van der Waals surface area contributed by atoms with Gasteiger partial charge in [0, 0.05) is 24.2 Å². The normalized spacial score (nSPS) is 18.2. The molecule has 2 aliphatic rings. The van der Waals surface area contributed by atoms with Crippen molar-refractivity contribution in [1.82, 2.24) is 39.9 Å². The zero-order valence-electron chi connectivity index (χ0n) is 29.5. The van der Waals surface area contributed by atoms with Gasteiger partial charge in [0.25, 0.3) is 0 Å². The van der Waals surface area contributed by atoms with Crippen LogP contribution in [0.2, 0.25) is 0 Å². The number of ether oxygens (including phenoxy) is 2. The van der Waals surface area contributed by atoms with Gasteiger partial charge in [0.1, 0.15) is 22.9 Å². The number of fused-ring (bicyclic) bond motifs is 1. The largest absolute Gasteiger partial charge is 0.444 e. The number of amides is 2. The maximum Gasteiger partial charge on any atom is 0.410 e. The van der Waals surface area contributed by atoms with E-state index in [2.05, 4.69) is 25.1 Å². The lowest BCUT2D eigenvalue weighted by Crippen LogP contribution is -2.36. The van der Waals surface area contributed by atoms with Crippen LogP contribution in [0.1, 0.15) is 91.0 Å². The number of nitrogens with zero attached hydrogens (tertiary/aromatic N) is 6. The van der Waals surface area contributed by atoms with Gasteiger partial charge >= 0.3 is 12.2 Å². The molecule has 50 heavy (non-hydrogen) atoms. The van der Waals surface area contributed by atoms with E-state index >= 15 is 0 Å². The van der Waals surface area contributed by atoms with Crippen molar-refractivity contribution >= 4 is 23.2 Å². The molecule has 0 aliphatic carbocycles. The third-order valence-corrected chi connectivity index (χ3v) is 8.94. The fourth-order valence-electron chi connectivity index (χ4n) is 6.64. The zero-order chi connectivity index (χ0) is 35.2. The Labute approximate surface area is 291 Å². The molecule has 2 saturated heterocycles. The highest BCUT2D eigenvalue weighted by Crippen LogP contribution is 2.35. The number of rotatable bonds is 5. The van der Waals surface area contributed by atoms with Gasteiger partial charge in [0.05, 0.1) is 46.4 Å². The van der Waals surface area contributed by atoms with Gasteiger partial charge in [-0.2, -0.15) is 0 Å². The van der Waals surface area contributed by atoms with Gasteiger partial charge in [-0.3, -0.25) is 9.80 Å². The van der Waals surface area contributed by atoms with Gasteiger partial charge in [0.2, 0.25) is 0 Å². The topological polar surface area (TPSA) is 142 Å². The first-order valence-electron chi connectivity index (χ1n) is 17.3. The second kappa shape index (κ2) is 12.9. The lowest BCUT2D eigenvalue weighted by Gasteiger charge is -2.27. The highest BCUT2D eigenvalue weighted by Gasteiger charge is 2.36. The minimum atomic E-state index is -0.553. The number of aromatic amines is 2. The molecule has 0 spiro atoms. The Morgan fingerprint density at radius 2 is 1.24 bits per heavy atom. The SMILES string of the molecule is CC(C)(C)OC(=O)N1CCCC1c1ncc(-c2ccc(-c3ccc(-c4ccc5nc(C6CCCN6C(=O)OC(C)(C)C)[nH]c5c4)nn3)cc2)[nH]1. The zero-order valence-corrected chi connectivity index (χ0v) is 29.5. The van der Waals surface area contributed by atoms with Crippen LogP contribution in [-0.4, -0.2) is 76.4 Å². The van der Waals surface area contributed by atoms with Gasteiger partial charge in [-0.15, -0.1) is 10.2 Å². The third kappa shape index (κ3) is 7.05. The van der Waals surface area contributed by atoms with Crippen molar-refractivity contribution in [2.24, 2.45) is 0 Å². The average Bonchev–Trinajstić information content (AvgIpc) is 3.88. The summed E-state index contributed by atoms with van der Waals surface area (Å²) in [7, 11) is 0. The molecule has 0 bridgehead atoms. The minimum Gasteiger partial charge on any atom is -0.444 e. The summed E-state index contributed by atoms with van der Waals surface area (Å²) in [6.45, 7) is 12.6. The van der Waals surface area contributed by atoms with Crippen molar-refractivity contribution in [2.75, 3.05) is 13.1 Å². The fraction of sp³-hybridized carbons (Fsp3) is 0.421. The molecule has 5 aromatic rings. The minimum absolute atomic E-state index is 0.135. The molecule has 12 heteroatoms. The molecule has 0 saturated carbocycles. The van der Waals surface area contributed by atoms with Crippen molar-refractivity contribution in [3.8, 4) is 33.8 Å². The Hall–Kier alpha value is -5.26. The first-order valence-corrected chi connectivity index (χ1v) is 17.3. The Morgan fingerprint density at radius 3 is 1.82 bits per heavy atom. The number of nitrogens with one attached hydrogen (secondary N) is 2. The molecule has 2 amide bonds. The lowest BCUT2D eigenvalue weighted by atomic mass is 10.1. The van der Waals surface area contributed by atoms with Gasteiger partial charge < -0.3 is 19.4 Å². The molecule has 0 radical (unpaired) electrons. The molecule has 2 unspecified atom stereocenters. The van der Waals surface area contributed by atoms with Gasteiger partial charge in [-0.1, -0.05) is 30.3 Å². The van der Waals surface area contributed by atoms with Crippen LogP contribution in [0.4, 0.5) is 9.59 Å². The van der Waals surface area contributed by atoms with E-state index in [0.717, 1.165) is 82.1 Å². The summed E-state index contributed by atoms with van der Waals surface area (Å²) in [5, 5.41) is 9.08. The summed E-state index contributed by atoms with van der Waals surface area (Å²) in [6.07, 6.45) is 4.67. The van der Waals surface area contributed by atoms with E-state index in [-0.39, 0.29) is 24.3 Å². The molecule has 12 nitrogen and oxygen atoms in total. The smallest absolute Gasteiger partial charge is 0.410 e.